The van der Waals surface area contributed by atoms with Gasteiger partial charge in [0.15, 0.2) is 0 Å². The number of nitrogens with zero attached hydrogens (tertiary/aromatic N) is 3. The van der Waals surface area contributed by atoms with Crippen LogP contribution in [0.3, 0.4) is 0 Å². The number of carbonyl (C=O) groups is 1. The third kappa shape index (κ3) is 4.87. The van der Waals surface area contributed by atoms with E-state index in [1.807, 2.05) is 6.20 Å². The molecule has 118 valence electrons. The number of rotatable bonds is 6. The largest absolute Gasteiger partial charge is 0.343 e. The molecule has 0 saturated carbocycles. The second-order valence-electron chi connectivity index (χ2n) is 6.71. The van der Waals surface area contributed by atoms with Crippen LogP contribution >= 0.6 is 0 Å². The van der Waals surface area contributed by atoms with Gasteiger partial charge < -0.3 is 9.47 Å². The van der Waals surface area contributed by atoms with E-state index in [4.69, 9.17) is 0 Å². The van der Waals surface area contributed by atoms with Gasteiger partial charge in [0.25, 0.3) is 0 Å². The lowest BCUT2D eigenvalue weighted by Gasteiger charge is -2.32. The van der Waals surface area contributed by atoms with Gasteiger partial charge in [-0.2, -0.15) is 0 Å². The van der Waals surface area contributed by atoms with Gasteiger partial charge in [0.2, 0.25) is 5.91 Å². The molecule has 0 unspecified atom stereocenters. The maximum absolute atomic E-state index is 12.1. The van der Waals surface area contributed by atoms with Crippen molar-refractivity contribution in [1.29, 1.82) is 0 Å². The number of aryl methyl sites for hydroxylation is 2. The first kappa shape index (κ1) is 16.1. The van der Waals surface area contributed by atoms with Crippen molar-refractivity contribution in [3.63, 3.8) is 0 Å². The Balaban J connectivity index is 1.68. The van der Waals surface area contributed by atoms with E-state index in [0.717, 1.165) is 57.1 Å². The fraction of sp³-hybridized carbons (Fsp3) is 0.765. The van der Waals surface area contributed by atoms with Crippen LogP contribution in [0.15, 0.2) is 12.4 Å². The van der Waals surface area contributed by atoms with Gasteiger partial charge >= 0.3 is 0 Å². The Morgan fingerprint density at radius 1 is 1.38 bits per heavy atom. The maximum atomic E-state index is 12.1. The van der Waals surface area contributed by atoms with E-state index in [1.54, 1.807) is 0 Å². The lowest BCUT2D eigenvalue weighted by molar-refractivity contribution is -0.132. The zero-order valence-electron chi connectivity index (χ0n) is 13.7. The molecule has 0 aromatic carbocycles. The summed E-state index contributed by atoms with van der Waals surface area (Å²) in [6.07, 6.45) is 9.16. The van der Waals surface area contributed by atoms with E-state index >= 15 is 0 Å². The van der Waals surface area contributed by atoms with Crippen LogP contribution in [-0.4, -0.2) is 33.4 Å². The topological polar surface area (TPSA) is 38.1 Å². The Morgan fingerprint density at radius 2 is 2.10 bits per heavy atom. The van der Waals surface area contributed by atoms with E-state index in [9.17, 15) is 4.79 Å². The summed E-state index contributed by atoms with van der Waals surface area (Å²) < 4.78 is 2.22. The number of imidazole rings is 1. The third-order valence-electron chi connectivity index (χ3n) is 4.60. The van der Waals surface area contributed by atoms with Crippen LogP contribution in [0.25, 0.3) is 0 Å². The molecule has 1 amide bonds. The Morgan fingerprint density at radius 3 is 2.67 bits per heavy atom. The van der Waals surface area contributed by atoms with Crippen molar-refractivity contribution in [1.82, 2.24) is 14.5 Å². The standard InChI is InChI=1S/C17H29N3O/c1-14(2)4-5-17(21)20-11-7-16(8-12-20)6-10-19-13-9-18-15(19)3/h9,13-14,16H,4-8,10-12H2,1-3H3. The molecule has 0 aliphatic carbocycles. The normalized spacial score (nSPS) is 16.7. The minimum Gasteiger partial charge on any atom is -0.343 e. The van der Waals surface area contributed by atoms with Crippen LogP contribution < -0.4 is 0 Å². The van der Waals surface area contributed by atoms with Crippen molar-refractivity contribution in [2.24, 2.45) is 11.8 Å². The van der Waals surface area contributed by atoms with Crippen molar-refractivity contribution in [2.45, 2.75) is 59.4 Å². The van der Waals surface area contributed by atoms with E-state index in [-0.39, 0.29) is 0 Å². The highest BCUT2D eigenvalue weighted by molar-refractivity contribution is 5.76. The SMILES string of the molecule is Cc1nccn1CCC1CCN(C(=O)CCC(C)C)CC1. The predicted molar refractivity (Wildman–Crippen MR) is 85.0 cm³/mol. The van der Waals surface area contributed by atoms with Gasteiger partial charge in [-0.15, -0.1) is 0 Å². The van der Waals surface area contributed by atoms with Gasteiger partial charge in [0.05, 0.1) is 0 Å². The number of likely N-dealkylation sites (tertiary alicyclic amines) is 1. The van der Waals surface area contributed by atoms with Crippen LogP contribution in [0.5, 0.6) is 0 Å². The van der Waals surface area contributed by atoms with E-state index in [1.165, 1.54) is 6.42 Å². The Labute approximate surface area is 128 Å². The van der Waals surface area contributed by atoms with E-state index < -0.39 is 0 Å². The summed E-state index contributed by atoms with van der Waals surface area (Å²) in [5.41, 5.74) is 0. The molecule has 0 spiro atoms. The molecule has 1 saturated heterocycles. The van der Waals surface area contributed by atoms with Gasteiger partial charge in [-0.05, 0) is 44.4 Å². The molecule has 4 nitrogen and oxygen atoms in total. The van der Waals surface area contributed by atoms with Gasteiger partial charge in [-0.3, -0.25) is 4.79 Å². The number of hydrogen-bond acceptors (Lipinski definition) is 2. The van der Waals surface area contributed by atoms with Crippen LogP contribution in [0.4, 0.5) is 0 Å². The van der Waals surface area contributed by atoms with Gasteiger partial charge in [0, 0.05) is 38.4 Å². The van der Waals surface area contributed by atoms with Crippen molar-refractivity contribution in [3.8, 4) is 0 Å². The molecule has 1 fully saturated rings. The first-order chi connectivity index (χ1) is 10.1. The molecule has 1 aromatic rings. The molecule has 0 bridgehead atoms. The summed E-state index contributed by atoms with van der Waals surface area (Å²) in [7, 11) is 0. The van der Waals surface area contributed by atoms with Crippen molar-refractivity contribution in [3.05, 3.63) is 18.2 Å². The molecule has 0 radical (unpaired) electrons. The van der Waals surface area contributed by atoms with E-state index in [2.05, 4.69) is 41.4 Å². The average Bonchev–Trinajstić information content (AvgIpc) is 2.88. The number of aromatic nitrogens is 2. The molecular weight excluding hydrogens is 262 g/mol. The molecule has 1 aliphatic rings. The Kier molecular flexibility index (Phi) is 5.83. The minimum atomic E-state index is 0.354. The monoisotopic (exact) mass is 291 g/mol. The second kappa shape index (κ2) is 7.62. The zero-order valence-corrected chi connectivity index (χ0v) is 13.7. The highest BCUT2D eigenvalue weighted by Gasteiger charge is 2.22. The summed E-state index contributed by atoms with van der Waals surface area (Å²) >= 11 is 0. The smallest absolute Gasteiger partial charge is 0.222 e. The number of amides is 1. The number of hydrogen-bond donors (Lipinski definition) is 0. The highest BCUT2D eigenvalue weighted by atomic mass is 16.2. The molecule has 21 heavy (non-hydrogen) atoms. The van der Waals surface area contributed by atoms with Crippen LogP contribution in [0.1, 0.15) is 51.8 Å². The minimum absolute atomic E-state index is 0.354. The zero-order chi connectivity index (χ0) is 15.2. The van der Waals surface area contributed by atoms with E-state index in [0.29, 0.717) is 11.8 Å². The van der Waals surface area contributed by atoms with Crippen LogP contribution in [0.2, 0.25) is 0 Å². The van der Waals surface area contributed by atoms with Crippen molar-refractivity contribution >= 4 is 5.91 Å². The second-order valence-corrected chi connectivity index (χ2v) is 6.71. The highest BCUT2D eigenvalue weighted by Crippen LogP contribution is 2.22. The number of carbonyl (C=O) groups excluding carboxylic acids is 1. The average molecular weight is 291 g/mol. The fourth-order valence-corrected chi connectivity index (χ4v) is 3.00. The van der Waals surface area contributed by atoms with Gasteiger partial charge in [0.1, 0.15) is 5.82 Å². The first-order valence-corrected chi connectivity index (χ1v) is 8.31. The first-order valence-electron chi connectivity index (χ1n) is 8.31. The molecule has 2 heterocycles. The van der Waals surface area contributed by atoms with Gasteiger partial charge in [-0.25, -0.2) is 4.98 Å². The Hall–Kier alpha value is -1.32. The molecule has 0 N–H and O–H groups in total. The summed E-state index contributed by atoms with van der Waals surface area (Å²) in [5.74, 6) is 2.81. The summed E-state index contributed by atoms with van der Waals surface area (Å²) in [4.78, 5) is 18.4. The quantitative estimate of drug-likeness (QED) is 0.807. The third-order valence-corrected chi connectivity index (χ3v) is 4.60. The molecule has 1 aromatic heterocycles. The molecular formula is C17H29N3O. The lowest BCUT2D eigenvalue weighted by Crippen LogP contribution is -2.38. The number of piperidine rings is 1. The Bertz CT molecular complexity index is 445. The molecule has 0 atom stereocenters. The molecule has 2 rings (SSSR count). The summed E-state index contributed by atoms with van der Waals surface area (Å²) in [5, 5.41) is 0. The predicted octanol–water partition coefficient (Wildman–Crippen LogP) is 3.26. The van der Waals surface area contributed by atoms with Crippen molar-refractivity contribution < 1.29 is 4.79 Å². The maximum Gasteiger partial charge on any atom is 0.222 e. The molecule has 4 heteroatoms. The van der Waals surface area contributed by atoms with Gasteiger partial charge in [-0.1, -0.05) is 13.8 Å². The lowest BCUT2D eigenvalue weighted by atomic mass is 9.93. The van der Waals surface area contributed by atoms with Crippen LogP contribution in [0, 0.1) is 18.8 Å². The summed E-state index contributed by atoms with van der Waals surface area (Å²) in [6.45, 7) is 9.36. The molecule has 1 aliphatic heterocycles. The fourth-order valence-electron chi connectivity index (χ4n) is 3.00. The van der Waals surface area contributed by atoms with Crippen LogP contribution in [-0.2, 0) is 11.3 Å². The summed E-state index contributed by atoms with van der Waals surface area (Å²) in [6, 6.07) is 0. The van der Waals surface area contributed by atoms with Crippen molar-refractivity contribution in [2.75, 3.05) is 13.1 Å².